The van der Waals surface area contributed by atoms with E-state index in [1.165, 1.54) is 13.3 Å². The van der Waals surface area contributed by atoms with Crippen LogP contribution in [-0.4, -0.2) is 57.7 Å². The van der Waals surface area contributed by atoms with Gasteiger partial charge in [0.25, 0.3) is 0 Å². The first-order valence-electron chi connectivity index (χ1n) is 13.6. The van der Waals surface area contributed by atoms with Crippen molar-refractivity contribution in [1.82, 2.24) is 19.9 Å². The first kappa shape index (κ1) is 31.3. The molecule has 4 rings (SSSR count). The third kappa shape index (κ3) is 8.67. The van der Waals surface area contributed by atoms with Gasteiger partial charge in [-0.25, -0.2) is 19.7 Å². The number of nitrogens with one attached hydrogen (secondary N) is 1. The molecule has 0 unspecified atom stereocenters. The number of hydrogen-bond acceptors (Lipinski definition) is 8. The lowest BCUT2D eigenvalue weighted by atomic mass is 9.89. The zero-order chi connectivity index (χ0) is 31.2. The van der Waals surface area contributed by atoms with E-state index in [0.717, 1.165) is 18.4 Å². The first-order valence-corrected chi connectivity index (χ1v) is 13.6. The Bertz CT molecular complexity index is 1520. The van der Waals surface area contributed by atoms with E-state index in [1.54, 1.807) is 29.2 Å². The fourth-order valence-corrected chi connectivity index (χ4v) is 4.47. The summed E-state index contributed by atoms with van der Waals surface area (Å²) in [6.45, 7) is 6.69. The number of benzene rings is 1. The molecule has 1 saturated heterocycles. The number of esters is 1. The van der Waals surface area contributed by atoms with Gasteiger partial charge < -0.3 is 19.7 Å². The molecule has 0 atom stereocenters. The number of amides is 1. The minimum atomic E-state index is -4.73. The SMILES string of the molecule is COC(=O)Cc1cccnc1C#Cc1nc(Nc2ccc(C3CCN(C(=O)OC(C)(C)C)CC3)cc2)ncc1C(F)(F)F. The van der Waals surface area contributed by atoms with Gasteiger partial charge in [0.1, 0.15) is 22.6 Å². The van der Waals surface area contributed by atoms with Gasteiger partial charge in [-0.1, -0.05) is 18.2 Å². The number of halogens is 3. The number of carbonyl (C=O) groups excluding carboxylic acids is 2. The van der Waals surface area contributed by atoms with Gasteiger partial charge in [0.15, 0.2) is 0 Å². The number of nitrogens with zero attached hydrogens (tertiary/aromatic N) is 4. The number of likely N-dealkylation sites (tertiary alicyclic amines) is 1. The second kappa shape index (κ2) is 13.1. The molecule has 0 bridgehead atoms. The Labute approximate surface area is 247 Å². The topological polar surface area (TPSA) is 107 Å². The fourth-order valence-electron chi connectivity index (χ4n) is 4.47. The molecule has 1 aliphatic rings. The Kier molecular flexibility index (Phi) is 9.53. The Morgan fingerprint density at radius 1 is 1.02 bits per heavy atom. The second-order valence-electron chi connectivity index (χ2n) is 11.0. The van der Waals surface area contributed by atoms with Crippen LogP contribution in [0.25, 0.3) is 0 Å². The van der Waals surface area contributed by atoms with Crippen molar-refractivity contribution in [2.75, 3.05) is 25.5 Å². The average Bonchev–Trinajstić information content (AvgIpc) is 2.96. The number of aromatic nitrogens is 3. The van der Waals surface area contributed by atoms with Crippen molar-refractivity contribution in [2.45, 2.75) is 57.7 Å². The molecule has 1 aliphatic heterocycles. The van der Waals surface area contributed by atoms with E-state index < -0.39 is 29.0 Å². The van der Waals surface area contributed by atoms with Crippen LogP contribution in [0.3, 0.4) is 0 Å². The molecule has 1 fully saturated rings. The van der Waals surface area contributed by atoms with Gasteiger partial charge in [-0.2, -0.15) is 13.2 Å². The summed E-state index contributed by atoms with van der Waals surface area (Å²) in [5, 5.41) is 2.94. The largest absolute Gasteiger partial charge is 0.469 e. The maximum absolute atomic E-state index is 13.7. The lowest BCUT2D eigenvalue weighted by Crippen LogP contribution is -2.41. The van der Waals surface area contributed by atoms with Gasteiger partial charge in [-0.15, -0.1) is 0 Å². The normalized spacial score (nSPS) is 14.0. The van der Waals surface area contributed by atoms with Crippen LogP contribution in [-0.2, 0) is 26.9 Å². The predicted octanol–water partition coefficient (Wildman–Crippen LogP) is 5.86. The van der Waals surface area contributed by atoms with Crippen molar-refractivity contribution < 1.29 is 32.2 Å². The Hall–Kier alpha value is -4.66. The number of rotatable bonds is 5. The van der Waals surface area contributed by atoms with Gasteiger partial charge in [0.2, 0.25) is 5.95 Å². The summed E-state index contributed by atoms with van der Waals surface area (Å²) in [6.07, 6.45) is -1.50. The molecule has 1 aromatic carbocycles. The summed E-state index contributed by atoms with van der Waals surface area (Å²) < 4.78 is 51.3. The van der Waals surface area contributed by atoms with E-state index in [4.69, 9.17) is 4.74 Å². The number of pyridine rings is 1. The van der Waals surface area contributed by atoms with E-state index >= 15 is 0 Å². The Morgan fingerprint density at radius 3 is 2.33 bits per heavy atom. The number of piperidine rings is 1. The van der Waals surface area contributed by atoms with Crippen LogP contribution in [0.15, 0.2) is 48.8 Å². The lowest BCUT2D eigenvalue weighted by molar-refractivity contribution is -0.140. The standard InChI is InChI=1S/C31H32F3N5O4/c1-30(2,3)43-29(41)39-16-13-21(14-17-39)20-7-9-23(10-8-20)37-28-36-19-24(31(32,33)34)26(38-28)12-11-25-22(6-5-15-35-25)18-27(40)42-4/h5-10,15,19,21H,13-14,16-18H2,1-4H3,(H,36,37,38). The third-order valence-corrected chi connectivity index (χ3v) is 6.63. The molecule has 0 aliphatic carbocycles. The lowest BCUT2D eigenvalue weighted by Gasteiger charge is -2.33. The molecule has 2 aromatic heterocycles. The first-order chi connectivity index (χ1) is 20.3. The van der Waals surface area contributed by atoms with Crippen LogP contribution in [0.2, 0.25) is 0 Å². The molecule has 1 amide bonds. The molecule has 9 nitrogen and oxygen atoms in total. The number of carbonyl (C=O) groups is 2. The van der Waals surface area contributed by atoms with Crippen LogP contribution < -0.4 is 5.32 Å². The van der Waals surface area contributed by atoms with Crippen molar-refractivity contribution in [3.05, 3.63) is 76.9 Å². The van der Waals surface area contributed by atoms with Crippen LogP contribution in [0, 0.1) is 11.8 Å². The summed E-state index contributed by atoms with van der Waals surface area (Å²) in [6, 6.07) is 10.7. The minimum absolute atomic E-state index is 0.0634. The molecule has 0 radical (unpaired) electrons. The molecule has 226 valence electrons. The highest BCUT2D eigenvalue weighted by molar-refractivity contribution is 5.73. The van der Waals surface area contributed by atoms with Crippen LogP contribution >= 0.6 is 0 Å². The molecule has 0 spiro atoms. The van der Waals surface area contributed by atoms with Crippen LogP contribution in [0.5, 0.6) is 0 Å². The summed E-state index contributed by atoms with van der Waals surface area (Å²) in [5.41, 5.74) is 0.0539. The molecule has 1 N–H and O–H groups in total. The molecule has 3 heterocycles. The zero-order valence-corrected chi connectivity index (χ0v) is 24.3. The molecule has 12 heteroatoms. The average molecular weight is 596 g/mol. The van der Waals surface area contributed by atoms with E-state index in [2.05, 4.69) is 36.8 Å². The third-order valence-electron chi connectivity index (χ3n) is 6.63. The Morgan fingerprint density at radius 2 is 1.70 bits per heavy atom. The number of methoxy groups -OCH3 is 1. The number of anilines is 2. The maximum atomic E-state index is 13.7. The van der Waals surface area contributed by atoms with Crippen molar-refractivity contribution >= 4 is 23.7 Å². The van der Waals surface area contributed by atoms with Crippen LogP contribution in [0.4, 0.5) is 29.6 Å². The zero-order valence-electron chi connectivity index (χ0n) is 24.3. The van der Waals surface area contributed by atoms with Gasteiger partial charge in [-0.05, 0) is 80.7 Å². The molecule has 3 aromatic rings. The van der Waals surface area contributed by atoms with Gasteiger partial charge in [-0.3, -0.25) is 4.79 Å². The molecular formula is C31H32F3N5O4. The highest BCUT2D eigenvalue weighted by atomic mass is 19.4. The van der Waals surface area contributed by atoms with Crippen molar-refractivity contribution in [1.29, 1.82) is 0 Å². The number of alkyl halides is 3. The highest BCUT2D eigenvalue weighted by Crippen LogP contribution is 2.32. The van der Waals surface area contributed by atoms with Crippen molar-refractivity contribution in [3.63, 3.8) is 0 Å². The smallest absolute Gasteiger partial charge is 0.420 e. The van der Waals surface area contributed by atoms with Crippen molar-refractivity contribution in [3.8, 4) is 11.8 Å². The van der Waals surface area contributed by atoms with Crippen LogP contribution in [0.1, 0.15) is 67.6 Å². The summed E-state index contributed by atoms with van der Waals surface area (Å²) in [7, 11) is 1.24. The molecule has 43 heavy (non-hydrogen) atoms. The van der Waals surface area contributed by atoms with E-state index in [1.807, 2.05) is 32.9 Å². The highest BCUT2D eigenvalue weighted by Gasteiger charge is 2.35. The molecule has 0 saturated carbocycles. The quantitative estimate of drug-likeness (QED) is 0.289. The molecular weight excluding hydrogens is 563 g/mol. The van der Waals surface area contributed by atoms with E-state index in [9.17, 15) is 22.8 Å². The summed E-state index contributed by atoms with van der Waals surface area (Å²) in [4.78, 5) is 37.7. The van der Waals surface area contributed by atoms with Gasteiger partial charge in [0.05, 0.1) is 13.5 Å². The second-order valence-corrected chi connectivity index (χ2v) is 11.0. The number of hydrogen-bond donors (Lipinski definition) is 1. The fraction of sp³-hybridized carbons (Fsp3) is 0.387. The van der Waals surface area contributed by atoms with Crippen molar-refractivity contribution in [2.24, 2.45) is 0 Å². The Balaban J connectivity index is 1.48. The maximum Gasteiger partial charge on any atom is 0.420 e. The predicted molar refractivity (Wildman–Crippen MR) is 152 cm³/mol. The summed E-state index contributed by atoms with van der Waals surface area (Å²) in [5.74, 6) is 4.73. The van der Waals surface area contributed by atoms with Gasteiger partial charge in [0, 0.05) is 31.2 Å². The number of ether oxygens (including phenoxy) is 2. The van der Waals surface area contributed by atoms with Gasteiger partial charge >= 0.3 is 18.2 Å². The van der Waals surface area contributed by atoms with E-state index in [-0.39, 0.29) is 30.1 Å². The summed E-state index contributed by atoms with van der Waals surface area (Å²) >= 11 is 0. The van der Waals surface area contributed by atoms with E-state index in [0.29, 0.717) is 30.5 Å². The minimum Gasteiger partial charge on any atom is -0.469 e. The monoisotopic (exact) mass is 595 g/mol.